The van der Waals surface area contributed by atoms with Crippen molar-refractivity contribution >= 4 is 6.09 Å². The molecule has 0 spiro atoms. The number of carbonyl (C=O) groups is 1. The summed E-state index contributed by atoms with van der Waals surface area (Å²) in [5, 5.41) is 0. The van der Waals surface area contributed by atoms with Crippen molar-refractivity contribution < 1.29 is 9.53 Å². The molecule has 12 heavy (non-hydrogen) atoms. The highest BCUT2D eigenvalue weighted by Gasteiger charge is 2.24. The maximum atomic E-state index is 11.2. The van der Waals surface area contributed by atoms with Gasteiger partial charge in [-0.25, -0.2) is 4.79 Å². The summed E-state index contributed by atoms with van der Waals surface area (Å²) >= 11 is 0. The van der Waals surface area contributed by atoms with E-state index in [1.807, 2.05) is 0 Å². The van der Waals surface area contributed by atoms with Crippen LogP contribution in [0.1, 0.15) is 13.3 Å². The fourth-order valence-electron chi connectivity index (χ4n) is 1.17. The zero-order valence-corrected chi connectivity index (χ0v) is 7.25. The minimum atomic E-state index is -0.338. The van der Waals surface area contributed by atoms with Crippen LogP contribution in [0, 0.1) is 0 Å². The highest BCUT2D eigenvalue weighted by molar-refractivity contribution is 5.69. The van der Waals surface area contributed by atoms with E-state index in [1.165, 1.54) is 0 Å². The number of allylic oxidation sites excluding steroid dienone is 1. The van der Waals surface area contributed by atoms with Gasteiger partial charge in [0.15, 0.2) is 0 Å². The Kier molecular flexibility index (Phi) is 2.70. The molecule has 0 aromatic heterocycles. The summed E-state index contributed by atoms with van der Waals surface area (Å²) in [7, 11) is 0. The summed E-state index contributed by atoms with van der Waals surface area (Å²) in [5.74, 6) is 0.417. The Hall–Kier alpha value is -1.03. The quantitative estimate of drug-likeness (QED) is 0.589. The first-order valence-electron chi connectivity index (χ1n) is 3.97. The molecule has 4 nitrogen and oxygen atoms in total. The topological polar surface area (TPSA) is 55.6 Å². The number of hydrogen-bond acceptors (Lipinski definition) is 3. The van der Waals surface area contributed by atoms with E-state index in [0.717, 1.165) is 6.42 Å². The smallest absolute Gasteiger partial charge is 0.414 e. The van der Waals surface area contributed by atoms with E-state index in [-0.39, 0.29) is 12.1 Å². The second-order valence-corrected chi connectivity index (χ2v) is 3.06. The summed E-state index contributed by atoms with van der Waals surface area (Å²) in [5.41, 5.74) is 5.62. The molecule has 68 valence electrons. The molecule has 1 unspecified atom stereocenters. The number of nitrogens with two attached hydrogens (primary N) is 1. The lowest BCUT2D eigenvalue weighted by Gasteiger charge is -2.14. The lowest BCUT2D eigenvalue weighted by Crippen LogP contribution is -2.31. The van der Waals surface area contributed by atoms with E-state index in [2.05, 4.69) is 6.58 Å². The highest BCUT2D eigenvalue weighted by atomic mass is 16.6. The van der Waals surface area contributed by atoms with Crippen LogP contribution in [-0.2, 0) is 4.74 Å². The van der Waals surface area contributed by atoms with E-state index in [4.69, 9.17) is 10.5 Å². The van der Waals surface area contributed by atoms with Crippen molar-refractivity contribution in [1.82, 2.24) is 4.90 Å². The molecule has 0 aromatic rings. The van der Waals surface area contributed by atoms with Crippen LogP contribution in [-0.4, -0.2) is 30.1 Å². The summed E-state index contributed by atoms with van der Waals surface area (Å²) in [6.07, 6.45) is 0.515. The predicted octanol–water partition coefficient (Wildman–Crippen LogP) is 0.690. The second-order valence-electron chi connectivity index (χ2n) is 3.06. The van der Waals surface area contributed by atoms with Gasteiger partial charge in [-0.3, -0.25) is 0 Å². The van der Waals surface area contributed by atoms with Crippen molar-refractivity contribution in [2.75, 3.05) is 13.1 Å². The molecular weight excluding hydrogens is 156 g/mol. The maximum Gasteiger partial charge on any atom is 0.414 e. The van der Waals surface area contributed by atoms with E-state index in [0.29, 0.717) is 18.8 Å². The normalized spacial score (nSPS) is 22.5. The van der Waals surface area contributed by atoms with E-state index >= 15 is 0 Å². The van der Waals surface area contributed by atoms with E-state index in [1.54, 1.807) is 11.8 Å². The Morgan fingerprint density at radius 2 is 2.42 bits per heavy atom. The first-order chi connectivity index (χ1) is 5.59. The number of ether oxygens (including phenoxy) is 1. The highest BCUT2D eigenvalue weighted by Crippen LogP contribution is 2.09. The zero-order chi connectivity index (χ0) is 9.14. The van der Waals surface area contributed by atoms with Gasteiger partial charge in [0.2, 0.25) is 0 Å². The lowest BCUT2D eigenvalue weighted by atomic mass is 10.3. The Labute approximate surface area is 72.0 Å². The summed E-state index contributed by atoms with van der Waals surface area (Å²) in [6.45, 7) is 6.41. The molecule has 4 heteroatoms. The predicted molar refractivity (Wildman–Crippen MR) is 45.5 cm³/mol. The number of carbonyl (C=O) groups excluding carboxylic acids is 1. The first-order valence-corrected chi connectivity index (χ1v) is 3.97. The van der Waals surface area contributed by atoms with Crippen LogP contribution < -0.4 is 5.73 Å². The molecule has 0 saturated carbocycles. The number of hydrogen-bond donors (Lipinski definition) is 1. The van der Waals surface area contributed by atoms with Gasteiger partial charge in [-0.05, 0) is 13.3 Å². The number of rotatable bonds is 1. The van der Waals surface area contributed by atoms with Crippen molar-refractivity contribution in [2.45, 2.75) is 19.4 Å². The molecule has 1 amide bonds. The van der Waals surface area contributed by atoms with Gasteiger partial charge in [-0.1, -0.05) is 6.58 Å². The molecule has 1 fully saturated rings. The van der Waals surface area contributed by atoms with Gasteiger partial charge in [-0.2, -0.15) is 0 Å². The SMILES string of the molecule is C=C(C)OC(=O)N1CCC(N)C1. The molecule has 1 heterocycles. The van der Waals surface area contributed by atoms with Gasteiger partial charge < -0.3 is 15.4 Å². The van der Waals surface area contributed by atoms with Crippen molar-refractivity contribution in [3.05, 3.63) is 12.3 Å². The van der Waals surface area contributed by atoms with Crippen LogP contribution in [0.3, 0.4) is 0 Å². The molecule has 0 aliphatic carbocycles. The Balaban J connectivity index is 2.38. The van der Waals surface area contributed by atoms with E-state index < -0.39 is 0 Å². The molecule has 0 radical (unpaired) electrons. The van der Waals surface area contributed by atoms with Crippen LogP contribution in [0.15, 0.2) is 12.3 Å². The van der Waals surface area contributed by atoms with Crippen molar-refractivity contribution in [1.29, 1.82) is 0 Å². The van der Waals surface area contributed by atoms with Gasteiger partial charge in [-0.15, -0.1) is 0 Å². The monoisotopic (exact) mass is 170 g/mol. The fourth-order valence-corrected chi connectivity index (χ4v) is 1.17. The molecule has 2 N–H and O–H groups in total. The summed E-state index contributed by atoms with van der Waals surface area (Å²) < 4.78 is 4.82. The molecule has 1 rings (SSSR count). The Bertz CT molecular complexity index is 203. The maximum absolute atomic E-state index is 11.2. The van der Waals surface area contributed by atoms with Crippen molar-refractivity contribution in [2.24, 2.45) is 5.73 Å². The molecule has 1 aliphatic rings. The third kappa shape index (κ3) is 2.23. The average Bonchev–Trinajstić information content (AvgIpc) is 2.34. The molecule has 1 atom stereocenters. The lowest BCUT2D eigenvalue weighted by molar-refractivity contribution is 0.138. The van der Waals surface area contributed by atoms with Crippen LogP contribution in [0.5, 0.6) is 0 Å². The second kappa shape index (κ2) is 3.58. The van der Waals surface area contributed by atoms with Gasteiger partial charge >= 0.3 is 6.09 Å². The minimum Gasteiger partial charge on any atom is -0.416 e. The summed E-state index contributed by atoms with van der Waals surface area (Å²) in [6, 6.07) is 0.0997. The summed E-state index contributed by atoms with van der Waals surface area (Å²) in [4.78, 5) is 12.8. The minimum absolute atomic E-state index is 0.0997. The molecule has 1 aliphatic heterocycles. The standard InChI is InChI=1S/C8H14N2O2/c1-6(2)12-8(11)10-4-3-7(9)5-10/h7H,1,3-5,9H2,2H3. The zero-order valence-electron chi connectivity index (χ0n) is 7.25. The van der Waals surface area contributed by atoms with Crippen LogP contribution in [0.4, 0.5) is 4.79 Å². The fraction of sp³-hybridized carbons (Fsp3) is 0.625. The number of amides is 1. The Morgan fingerprint density at radius 1 is 1.75 bits per heavy atom. The van der Waals surface area contributed by atoms with Crippen molar-refractivity contribution in [3.63, 3.8) is 0 Å². The van der Waals surface area contributed by atoms with Crippen LogP contribution in [0.2, 0.25) is 0 Å². The molecule has 0 aromatic carbocycles. The van der Waals surface area contributed by atoms with Crippen LogP contribution >= 0.6 is 0 Å². The largest absolute Gasteiger partial charge is 0.416 e. The average molecular weight is 170 g/mol. The molecular formula is C8H14N2O2. The first kappa shape index (κ1) is 9.06. The molecule has 0 bridgehead atoms. The van der Waals surface area contributed by atoms with Crippen molar-refractivity contribution in [3.8, 4) is 0 Å². The van der Waals surface area contributed by atoms with Gasteiger partial charge in [0.1, 0.15) is 0 Å². The third-order valence-corrected chi connectivity index (χ3v) is 1.74. The Morgan fingerprint density at radius 3 is 2.83 bits per heavy atom. The van der Waals surface area contributed by atoms with Gasteiger partial charge in [0, 0.05) is 19.1 Å². The van der Waals surface area contributed by atoms with Crippen LogP contribution in [0.25, 0.3) is 0 Å². The number of nitrogens with zero attached hydrogens (tertiary/aromatic N) is 1. The van der Waals surface area contributed by atoms with Gasteiger partial charge in [0.25, 0.3) is 0 Å². The third-order valence-electron chi connectivity index (χ3n) is 1.74. The van der Waals surface area contributed by atoms with E-state index in [9.17, 15) is 4.79 Å². The molecule has 1 saturated heterocycles. The van der Waals surface area contributed by atoms with Gasteiger partial charge in [0.05, 0.1) is 5.76 Å². The number of likely N-dealkylation sites (tertiary alicyclic amines) is 1.